The third kappa shape index (κ3) is 4.40. The van der Waals surface area contributed by atoms with Crippen molar-refractivity contribution in [3.63, 3.8) is 0 Å². The van der Waals surface area contributed by atoms with Gasteiger partial charge in [-0.1, -0.05) is 6.58 Å². The monoisotopic (exact) mass is 173 g/mol. The summed E-state index contributed by atoms with van der Waals surface area (Å²) in [6, 6.07) is 1.84. The van der Waals surface area contributed by atoms with E-state index in [1.807, 2.05) is 6.07 Å². The van der Waals surface area contributed by atoms with E-state index in [9.17, 15) is 4.79 Å². The topological polar surface area (TPSA) is 50.1 Å². The van der Waals surface area contributed by atoms with E-state index in [-0.39, 0.29) is 24.5 Å². The van der Waals surface area contributed by atoms with E-state index < -0.39 is 5.97 Å². The molecule has 0 saturated heterocycles. The number of hydrogen-bond acceptors (Lipinski definition) is 3. The van der Waals surface area contributed by atoms with E-state index in [1.54, 1.807) is 0 Å². The van der Waals surface area contributed by atoms with Gasteiger partial charge < -0.3 is 4.74 Å². The number of rotatable bonds is 4. The SMILES string of the molecule is C=C(CCl)C(=O)OCCC#N. The van der Waals surface area contributed by atoms with E-state index in [2.05, 4.69) is 11.3 Å². The second-order valence-electron chi connectivity index (χ2n) is 1.78. The Bertz CT molecular complexity index is 195. The second kappa shape index (κ2) is 5.75. The Morgan fingerprint density at radius 1 is 1.73 bits per heavy atom. The molecule has 0 bridgehead atoms. The van der Waals surface area contributed by atoms with Crippen molar-refractivity contribution >= 4 is 17.6 Å². The second-order valence-corrected chi connectivity index (χ2v) is 2.05. The lowest BCUT2D eigenvalue weighted by molar-refractivity contribution is -0.138. The summed E-state index contributed by atoms with van der Waals surface area (Å²) in [6.45, 7) is 3.46. The summed E-state index contributed by atoms with van der Waals surface area (Å²) >= 11 is 5.29. The van der Waals surface area contributed by atoms with E-state index in [0.29, 0.717) is 0 Å². The molecule has 0 radical (unpaired) electrons. The lowest BCUT2D eigenvalue weighted by atomic mass is 10.3. The molecule has 0 amide bonds. The molecule has 0 aliphatic carbocycles. The highest BCUT2D eigenvalue weighted by molar-refractivity contribution is 6.22. The van der Waals surface area contributed by atoms with Gasteiger partial charge in [-0.2, -0.15) is 5.26 Å². The van der Waals surface area contributed by atoms with Gasteiger partial charge in [0, 0.05) is 5.57 Å². The van der Waals surface area contributed by atoms with Gasteiger partial charge in [-0.05, 0) is 0 Å². The third-order valence-corrected chi connectivity index (χ3v) is 1.22. The molecule has 11 heavy (non-hydrogen) atoms. The van der Waals surface area contributed by atoms with Crippen LogP contribution in [0.1, 0.15) is 6.42 Å². The summed E-state index contributed by atoms with van der Waals surface area (Å²) in [6.07, 6.45) is 0.196. The molecule has 0 spiro atoms. The maximum atomic E-state index is 10.7. The maximum absolute atomic E-state index is 10.7. The van der Waals surface area contributed by atoms with Crippen LogP contribution in [0.3, 0.4) is 0 Å². The first kappa shape index (κ1) is 9.99. The molecular formula is C7H8ClNO2. The number of hydrogen-bond donors (Lipinski definition) is 0. The first-order chi connectivity index (χ1) is 5.22. The fourth-order valence-electron chi connectivity index (χ4n) is 0.346. The number of nitriles is 1. The van der Waals surface area contributed by atoms with Crippen molar-refractivity contribution < 1.29 is 9.53 Å². The Labute approximate surface area is 70.2 Å². The van der Waals surface area contributed by atoms with Crippen molar-refractivity contribution in [2.75, 3.05) is 12.5 Å². The number of nitrogens with zero attached hydrogens (tertiary/aromatic N) is 1. The summed E-state index contributed by atoms with van der Waals surface area (Å²) in [7, 11) is 0. The molecule has 0 aromatic heterocycles. The van der Waals surface area contributed by atoms with Gasteiger partial charge in [0.25, 0.3) is 0 Å². The zero-order valence-electron chi connectivity index (χ0n) is 5.97. The van der Waals surface area contributed by atoms with Crippen LogP contribution in [0.15, 0.2) is 12.2 Å². The van der Waals surface area contributed by atoms with Crippen molar-refractivity contribution in [1.82, 2.24) is 0 Å². The predicted molar refractivity (Wildman–Crippen MR) is 41.0 cm³/mol. The van der Waals surface area contributed by atoms with Gasteiger partial charge in [-0.25, -0.2) is 4.79 Å². The Morgan fingerprint density at radius 2 is 2.36 bits per heavy atom. The molecule has 0 saturated carbocycles. The number of ether oxygens (including phenoxy) is 1. The molecule has 3 nitrogen and oxygen atoms in total. The van der Waals surface area contributed by atoms with E-state index in [0.717, 1.165) is 0 Å². The predicted octanol–water partition coefficient (Wildman–Crippen LogP) is 1.24. The van der Waals surface area contributed by atoms with E-state index >= 15 is 0 Å². The lowest BCUT2D eigenvalue weighted by Gasteiger charge is -2.00. The smallest absolute Gasteiger partial charge is 0.334 e. The number of carbonyl (C=O) groups excluding carboxylic acids is 1. The van der Waals surface area contributed by atoms with Crippen LogP contribution >= 0.6 is 11.6 Å². The fraction of sp³-hybridized carbons (Fsp3) is 0.429. The first-order valence-electron chi connectivity index (χ1n) is 3.00. The number of carbonyl (C=O) groups is 1. The van der Waals surface area contributed by atoms with Crippen molar-refractivity contribution in [1.29, 1.82) is 5.26 Å². The van der Waals surface area contributed by atoms with E-state index in [4.69, 9.17) is 16.9 Å². The molecule has 0 rings (SSSR count). The first-order valence-corrected chi connectivity index (χ1v) is 3.53. The van der Waals surface area contributed by atoms with Gasteiger partial charge in [-0.15, -0.1) is 11.6 Å². The van der Waals surface area contributed by atoms with Crippen molar-refractivity contribution in [2.45, 2.75) is 6.42 Å². The summed E-state index contributed by atoms with van der Waals surface area (Å²) < 4.78 is 4.59. The minimum Gasteiger partial charge on any atom is -0.461 e. The quantitative estimate of drug-likeness (QED) is 0.278. The largest absolute Gasteiger partial charge is 0.461 e. The number of alkyl halides is 1. The van der Waals surface area contributed by atoms with E-state index in [1.165, 1.54) is 0 Å². The van der Waals surface area contributed by atoms with Gasteiger partial charge in [0.05, 0.1) is 18.4 Å². The summed E-state index contributed by atoms with van der Waals surface area (Å²) in [4.78, 5) is 10.7. The molecule has 0 aliphatic heterocycles. The molecule has 0 atom stereocenters. The van der Waals surface area contributed by atoms with Crippen LogP contribution in [0.25, 0.3) is 0 Å². The van der Waals surface area contributed by atoms with Crippen LogP contribution < -0.4 is 0 Å². The molecular weight excluding hydrogens is 166 g/mol. The average Bonchev–Trinajstić information content (AvgIpc) is 2.03. The highest BCUT2D eigenvalue weighted by atomic mass is 35.5. The van der Waals surface area contributed by atoms with Crippen LogP contribution in [0, 0.1) is 11.3 Å². The van der Waals surface area contributed by atoms with Crippen LogP contribution in [0.2, 0.25) is 0 Å². The molecule has 0 heterocycles. The number of halogens is 1. The van der Waals surface area contributed by atoms with Crippen molar-refractivity contribution in [3.05, 3.63) is 12.2 Å². The number of esters is 1. The minimum absolute atomic E-state index is 0.0609. The fourth-order valence-corrected chi connectivity index (χ4v) is 0.455. The minimum atomic E-state index is -0.532. The molecule has 0 aromatic rings. The molecule has 0 N–H and O–H groups in total. The van der Waals surface area contributed by atoms with Crippen LogP contribution in [0.5, 0.6) is 0 Å². The van der Waals surface area contributed by atoms with Crippen molar-refractivity contribution in [2.24, 2.45) is 0 Å². The van der Waals surface area contributed by atoms with Gasteiger partial charge in [0.15, 0.2) is 0 Å². The lowest BCUT2D eigenvalue weighted by Crippen LogP contribution is -2.08. The average molecular weight is 174 g/mol. The molecule has 60 valence electrons. The third-order valence-electron chi connectivity index (χ3n) is 0.897. The summed E-state index contributed by atoms with van der Waals surface area (Å²) in [5.74, 6) is -0.471. The van der Waals surface area contributed by atoms with Crippen LogP contribution in [-0.2, 0) is 9.53 Å². The Hall–Kier alpha value is -1.01. The Balaban J connectivity index is 3.54. The zero-order chi connectivity index (χ0) is 8.69. The highest BCUT2D eigenvalue weighted by Gasteiger charge is 2.05. The zero-order valence-corrected chi connectivity index (χ0v) is 6.73. The molecule has 4 heteroatoms. The van der Waals surface area contributed by atoms with Gasteiger partial charge in [0.2, 0.25) is 0 Å². The van der Waals surface area contributed by atoms with Gasteiger partial charge >= 0.3 is 5.97 Å². The summed E-state index contributed by atoms with van der Waals surface area (Å²) in [5, 5.41) is 8.09. The van der Waals surface area contributed by atoms with Crippen LogP contribution in [0.4, 0.5) is 0 Å². The summed E-state index contributed by atoms with van der Waals surface area (Å²) in [5.41, 5.74) is 0.213. The molecule has 0 aliphatic rings. The highest BCUT2D eigenvalue weighted by Crippen LogP contribution is 1.97. The normalized spacial score (nSPS) is 8.36. The maximum Gasteiger partial charge on any atom is 0.334 e. The Morgan fingerprint density at radius 3 is 2.82 bits per heavy atom. The Kier molecular flexibility index (Phi) is 5.22. The molecule has 0 aromatic carbocycles. The molecule has 0 fully saturated rings. The standard InChI is InChI=1S/C7H8ClNO2/c1-6(5-8)7(10)11-4-2-3-9/h1-2,4-5H2. The van der Waals surface area contributed by atoms with Crippen LogP contribution in [-0.4, -0.2) is 18.5 Å². The van der Waals surface area contributed by atoms with Gasteiger partial charge in [-0.3, -0.25) is 0 Å². The molecule has 0 unspecified atom stereocenters. The van der Waals surface area contributed by atoms with Gasteiger partial charge in [0.1, 0.15) is 6.61 Å². The van der Waals surface area contributed by atoms with Crippen molar-refractivity contribution in [3.8, 4) is 6.07 Å².